The van der Waals surface area contributed by atoms with Gasteiger partial charge in [-0.25, -0.2) is 9.59 Å². The van der Waals surface area contributed by atoms with Crippen LogP contribution in [0.15, 0.2) is 46.4 Å². The van der Waals surface area contributed by atoms with E-state index in [1.165, 1.54) is 12.2 Å². The fourth-order valence-electron chi connectivity index (χ4n) is 2.16. The molecule has 2 aromatic carbocycles. The summed E-state index contributed by atoms with van der Waals surface area (Å²) in [6.07, 6.45) is 3.04. The molecule has 0 spiro atoms. The van der Waals surface area contributed by atoms with E-state index in [9.17, 15) is 9.59 Å². The van der Waals surface area contributed by atoms with Crippen LogP contribution in [0, 0.1) is 0 Å². The van der Waals surface area contributed by atoms with Gasteiger partial charge < -0.3 is 0 Å². The average Bonchev–Trinajstić information content (AvgIpc) is 2.38. The van der Waals surface area contributed by atoms with E-state index in [4.69, 9.17) is 0 Å². The van der Waals surface area contributed by atoms with Crippen molar-refractivity contribution in [3.63, 3.8) is 0 Å². The van der Waals surface area contributed by atoms with Gasteiger partial charge in [0.05, 0.1) is 11.4 Å². The van der Waals surface area contributed by atoms with Crippen LogP contribution < -0.4 is 0 Å². The lowest BCUT2D eigenvalue weighted by molar-refractivity contribution is 0.564. The fraction of sp³-hybridized carbons (Fsp3) is 0. The van der Waals surface area contributed by atoms with Crippen molar-refractivity contribution in [3.05, 3.63) is 36.4 Å². The lowest BCUT2D eigenvalue weighted by Crippen LogP contribution is -1.97. The molecule has 0 aromatic heterocycles. The molecule has 84 valence electrons. The molecule has 4 nitrogen and oxygen atoms in total. The van der Waals surface area contributed by atoms with E-state index in [-0.39, 0.29) is 0 Å². The standard InChI is InChI=1S/C14H6N2O2/c17-7-15-9-1-3-11-13(5-9)12-4-2-10(16-8-18)6-14(11)12/h1-6H. The van der Waals surface area contributed by atoms with Crippen molar-refractivity contribution in [1.29, 1.82) is 0 Å². The number of isocyanates is 2. The van der Waals surface area contributed by atoms with Gasteiger partial charge in [-0.1, -0.05) is 12.1 Å². The second-order valence-corrected chi connectivity index (χ2v) is 3.87. The highest BCUT2D eigenvalue weighted by Gasteiger charge is 2.22. The Bertz CT molecular complexity index is 672. The second-order valence-electron chi connectivity index (χ2n) is 3.87. The van der Waals surface area contributed by atoms with Gasteiger partial charge in [-0.15, -0.1) is 0 Å². The molecule has 0 unspecified atom stereocenters. The van der Waals surface area contributed by atoms with Crippen LogP contribution in [-0.2, 0) is 9.59 Å². The molecule has 2 aromatic rings. The number of benzene rings is 2. The second kappa shape index (κ2) is 3.90. The summed E-state index contributed by atoms with van der Waals surface area (Å²) in [7, 11) is 0. The molecule has 0 N–H and O–H groups in total. The van der Waals surface area contributed by atoms with Crippen molar-refractivity contribution in [1.82, 2.24) is 0 Å². The first kappa shape index (κ1) is 10.4. The van der Waals surface area contributed by atoms with E-state index in [2.05, 4.69) is 9.98 Å². The third-order valence-electron chi connectivity index (χ3n) is 2.94. The molecular weight excluding hydrogens is 228 g/mol. The number of carbonyl (C=O) groups excluding carboxylic acids is 2. The fourth-order valence-corrected chi connectivity index (χ4v) is 2.16. The molecular formula is C14H6N2O2. The highest BCUT2D eigenvalue weighted by atomic mass is 16.1. The van der Waals surface area contributed by atoms with Crippen molar-refractivity contribution in [2.24, 2.45) is 9.98 Å². The molecule has 18 heavy (non-hydrogen) atoms. The molecule has 0 saturated carbocycles. The lowest BCUT2D eigenvalue weighted by atomic mass is 9.80. The van der Waals surface area contributed by atoms with E-state index in [1.807, 2.05) is 24.3 Å². The number of fused-ring (bicyclic) bond motifs is 4. The largest absolute Gasteiger partial charge is 0.240 e. The summed E-state index contributed by atoms with van der Waals surface area (Å²) in [6, 6.07) is 11.0. The van der Waals surface area contributed by atoms with Crippen LogP contribution in [0.5, 0.6) is 0 Å². The monoisotopic (exact) mass is 234 g/mol. The maximum Gasteiger partial charge on any atom is 0.240 e. The normalized spacial score (nSPS) is 10.2. The third-order valence-corrected chi connectivity index (χ3v) is 2.94. The molecule has 4 heteroatoms. The molecule has 3 rings (SSSR count). The summed E-state index contributed by atoms with van der Waals surface area (Å²) in [5.74, 6) is 0. The SMILES string of the molecule is O=C=Nc1ccc2c(c1)-c1ccc(N=C=O)cc1-2. The van der Waals surface area contributed by atoms with Crippen molar-refractivity contribution in [2.45, 2.75) is 0 Å². The number of rotatable bonds is 2. The van der Waals surface area contributed by atoms with Crippen molar-refractivity contribution >= 4 is 23.5 Å². The van der Waals surface area contributed by atoms with Gasteiger partial charge in [0, 0.05) is 0 Å². The smallest absolute Gasteiger partial charge is 0.211 e. The summed E-state index contributed by atoms with van der Waals surface area (Å²) < 4.78 is 0. The number of aliphatic imine (C=N–C) groups is 2. The zero-order valence-electron chi connectivity index (χ0n) is 9.18. The van der Waals surface area contributed by atoms with Crippen LogP contribution in [0.4, 0.5) is 11.4 Å². The molecule has 0 heterocycles. The van der Waals surface area contributed by atoms with Crippen LogP contribution >= 0.6 is 0 Å². The van der Waals surface area contributed by atoms with Gasteiger partial charge in [0.25, 0.3) is 0 Å². The Morgan fingerprint density at radius 3 is 1.50 bits per heavy atom. The first-order valence-corrected chi connectivity index (χ1v) is 5.28. The number of hydrogen-bond donors (Lipinski definition) is 0. The lowest BCUT2D eigenvalue weighted by Gasteiger charge is -2.24. The minimum atomic E-state index is 0.587. The van der Waals surface area contributed by atoms with Crippen molar-refractivity contribution < 1.29 is 9.59 Å². The van der Waals surface area contributed by atoms with Gasteiger partial charge in [0.2, 0.25) is 12.2 Å². The molecule has 1 aliphatic rings. The van der Waals surface area contributed by atoms with E-state index >= 15 is 0 Å². The Balaban J connectivity index is 2.11. The Labute approximate surface area is 102 Å². The summed E-state index contributed by atoms with van der Waals surface area (Å²) >= 11 is 0. The van der Waals surface area contributed by atoms with Crippen LogP contribution in [-0.4, -0.2) is 12.2 Å². The van der Waals surface area contributed by atoms with Crippen LogP contribution in [0.3, 0.4) is 0 Å². The summed E-state index contributed by atoms with van der Waals surface area (Å²) in [5.41, 5.74) is 5.40. The van der Waals surface area contributed by atoms with Crippen LogP contribution in [0.2, 0.25) is 0 Å². The van der Waals surface area contributed by atoms with Crippen molar-refractivity contribution in [2.75, 3.05) is 0 Å². The predicted molar refractivity (Wildman–Crippen MR) is 66.4 cm³/mol. The number of hydrogen-bond acceptors (Lipinski definition) is 4. The quantitative estimate of drug-likeness (QED) is 0.504. The molecule has 0 radical (unpaired) electrons. The zero-order chi connectivity index (χ0) is 12.5. The third kappa shape index (κ3) is 1.42. The summed E-state index contributed by atoms with van der Waals surface area (Å²) in [5, 5.41) is 0. The molecule has 0 atom stereocenters. The van der Waals surface area contributed by atoms with E-state index in [0.29, 0.717) is 11.4 Å². The average molecular weight is 234 g/mol. The Hall–Kier alpha value is -2.80. The zero-order valence-corrected chi connectivity index (χ0v) is 9.18. The highest BCUT2D eigenvalue weighted by Crippen LogP contribution is 2.49. The van der Waals surface area contributed by atoms with Crippen LogP contribution in [0.1, 0.15) is 0 Å². The first-order chi connectivity index (χ1) is 8.83. The maximum absolute atomic E-state index is 10.2. The first-order valence-electron chi connectivity index (χ1n) is 5.28. The summed E-state index contributed by atoms with van der Waals surface area (Å²) in [6.45, 7) is 0. The van der Waals surface area contributed by atoms with Gasteiger partial charge in [0.15, 0.2) is 0 Å². The van der Waals surface area contributed by atoms with E-state index in [0.717, 1.165) is 22.3 Å². The molecule has 0 bridgehead atoms. The Morgan fingerprint density at radius 1 is 0.667 bits per heavy atom. The molecule has 0 aliphatic heterocycles. The van der Waals surface area contributed by atoms with Crippen LogP contribution in [0.25, 0.3) is 22.3 Å². The minimum Gasteiger partial charge on any atom is -0.211 e. The number of nitrogens with zero attached hydrogens (tertiary/aromatic N) is 2. The molecule has 1 aliphatic carbocycles. The topological polar surface area (TPSA) is 58.9 Å². The Morgan fingerprint density at radius 2 is 1.11 bits per heavy atom. The van der Waals surface area contributed by atoms with Gasteiger partial charge in [-0.3, -0.25) is 0 Å². The van der Waals surface area contributed by atoms with Gasteiger partial charge in [0.1, 0.15) is 0 Å². The van der Waals surface area contributed by atoms with Crippen molar-refractivity contribution in [3.8, 4) is 22.3 Å². The van der Waals surface area contributed by atoms with Gasteiger partial charge >= 0.3 is 0 Å². The summed E-state index contributed by atoms with van der Waals surface area (Å²) in [4.78, 5) is 27.6. The maximum atomic E-state index is 10.2. The molecule has 0 amide bonds. The highest BCUT2D eigenvalue weighted by molar-refractivity contribution is 6.04. The molecule has 0 fully saturated rings. The van der Waals surface area contributed by atoms with Gasteiger partial charge in [-0.2, -0.15) is 9.98 Å². The van der Waals surface area contributed by atoms with E-state index < -0.39 is 0 Å². The molecule has 0 saturated heterocycles. The predicted octanol–water partition coefficient (Wildman–Crippen LogP) is 3.27. The van der Waals surface area contributed by atoms with E-state index in [1.54, 1.807) is 12.1 Å². The minimum absolute atomic E-state index is 0.587. The Kier molecular flexibility index (Phi) is 2.24. The van der Waals surface area contributed by atoms with Gasteiger partial charge in [-0.05, 0) is 46.5 Å².